The third-order valence-electron chi connectivity index (χ3n) is 8.53. The molecule has 1 amide bonds. The van der Waals surface area contributed by atoms with Crippen LogP contribution in [0.25, 0.3) is 22.2 Å². The van der Waals surface area contributed by atoms with E-state index in [9.17, 15) is 10.1 Å². The lowest BCUT2D eigenvalue weighted by Crippen LogP contribution is -2.49. The molecular weight excluding hydrogens is 573 g/mol. The Hall–Kier alpha value is -4.79. The molecule has 10 nitrogen and oxygen atoms in total. The molecule has 2 aromatic carbocycles. The van der Waals surface area contributed by atoms with Crippen LogP contribution in [-0.4, -0.2) is 75.4 Å². The molecule has 11 heteroatoms. The van der Waals surface area contributed by atoms with Crippen LogP contribution >= 0.6 is 0 Å². The monoisotopic (exact) mass is 609 g/mol. The smallest absolute Gasteiger partial charge is 0.264 e. The number of likely N-dealkylation sites (tertiary alicyclic amines) is 1. The lowest BCUT2D eigenvalue weighted by molar-refractivity contribution is -0.128. The molecule has 232 valence electrons. The van der Waals surface area contributed by atoms with Crippen molar-refractivity contribution in [1.82, 2.24) is 24.6 Å². The molecule has 2 aliphatic rings. The Morgan fingerprint density at radius 1 is 1.13 bits per heavy atom. The number of hydrogen-bond acceptors (Lipinski definition) is 8. The summed E-state index contributed by atoms with van der Waals surface area (Å²) < 4.78 is 28.7. The number of carbonyl (C=O) groups is 1. The minimum absolute atomic E-state index is 0.117. The zero-order valence-electron chi connectivity index (χ0n) is 25.4. The van der Waals surface area contributed by atoms with Crippen LogP contribution in [0.5, 0.6) is 11.5 Å². The first kappa shape index (κ1) is 30.2. The number of aromatic nitrogens is 3. The van der Waals surface area contributed by atoms with Crippen LogP contribution in [0.2, 0.25) is 0 Å². The van der Waals surface area contributed by atoms with Crippen molar-refractivity contribution in [2.75, 3.05) is 45.1 Å². The van der Waals surface area contributed by atoms with E-state index in [0.717, 1.165) is 25.9 Å². The maximum Gasteiger partial charge on any atom is 0.264 e. The van der Waals surface area contributed by atoms with Crippen molar-refractivity contribution < 1.29 is 18.7 Å². The van der Waals surface area contributed by atoms with Crippen LogP contribution in [0, 0.1) is 17.1 Å². The van der Waals surface area contributed by atoms with Crippen molar-refractivity contribution in [1.29, 1.82) is 5.26 Å². The largest absolute Gasteiger partial charge is 0.457 e. The predicted octanol–water partition coefficient (Wildman–Crippen LogP) is 5.34. The quantitative estimate of drug-likeness (QED) is 0.220. The zero-order chi connectivity index (χ0) is 31.6. The molecule has 0 unspecified atom stereocenters. The van der Waals surface area contributed by atoms with Gasteiger partial charge in [-0.25, -0.2) is 9.37 Å². The fourth-order valence-electron chi connectivity index (χ4n) is 6.19. The number of fused-ring (bicyclic) bond motifs is 1. The van der Waals surface area contributed by atoms with Gasteiger partial charge in [0.05, 0.1) is 30.2 Å². The number of morpholine rings is 1. The van der Waals surface area contributed by atoms with Crippen LogP contribution in [0.1, 0.15) is 32.7 Å². The lowest BCUT2D eigenvalue weighted by Gasteiger charge is -2.39. The van der Waals surface area contributed by atoms with Crippen molar-refractivity contribution in [3.8, 4) is 28.8 Å². The molecule has 45 heavy (non-hydrogen) atoms. The summed E-state index contributed by atoms with van der Waals surface area (Å²) in [6.45, 7) is 7.61. The first-order chi connectivity index (χ1) is 21.7. The number of halogens is 1. The molecule has 0 spiro atoms. The van der Waals surface area contributed by atoms with Gasteiger partial charge in [0, 0.05) is 49.5 Å². The van der Waals surface area contributed by atoms with E-state index in [-0.39, 0.29) is 28.9 Å². The van der Waals surface area contributed by atoms with Gasteiger partial charge in [-0.15, -0.1) is 0 Å². The fraction of sp³-hybridized carbons (Fsp3) is 0.353. The predicted molar refractivity (Wildman–Crippen MR) is 169 cm³/mol. The second-order valence-corrected chi connectivity index (χ2v) is 11.9. The number of hydrogen-bond donors (Lipinski definition) is 1. The van der Waals surface area contributed by atoms with E-state index in [1.165, 1.54) is 6.07 Å². The van der Waals surface area contributed by atoms with Crippen molar-refractivity contribution in [2.24, 2.45) is 0 Å². The van der Waals surface area contributed by atoms with E-state index in [4.69, 9.17) is 20.3 Å². The van der Waals surface area contributed by atoms with Crippen molar-refractivity contribution >= 4 is 22.6 Å². The van der Waals surface area contributed by atoms with Crippen molar-refractivity contribution in [3.05, 3.63) is 78.3 Å². The normalized spacial score (nSPS) is 18.1. The van der Waals surface area contributed by atoms with Crippen LogP contribution in [-0.2, 0) is 9.53 Å². The molecule has 2 saturated heterocycles. The van der Waals surface area contributed by atoms with E-state index in [1.54, 1.807) is 47.5 Å². The van der Waals surface area contributed by atoms with Gasteiger partial charge in [0.2, 0.25) is 0 Å². The first-order valence-corrected chi connectivity index (χ1v) is 15.2. The first-order valence-electron chi connectivity index (χ1n) is 15.2. The topological polar surface area (TPSA) is 123 Å². The Bertz CT molecular complexity index is 1770. The number of nitrogens with zero attached hydrogens (tertiary/aromatic N) is 6. The second-order valence-electron chi connectivity index (χ2n) is 11.9. The van der Waals surface area contributed by atoms with E-state index in [0.29, 0.717) is 54.4 Å². The van der Waals surface area contributed by atoms with Gasteiger partial charge in [-0.3, -0.25) is 14.4 Å². The number of nitriles is 1. The summed E-state index contributed by atoms with van der Waals surface area (Å²) in [5.74, 6) is 0.383. The van der Waals surface area contributed by atoms with Crippen LogP contribution in [0.4, 0.5) is 10.2 Å². The number of carbonyl (C=O) groups excluding carboxylic acids is 1. The SMILES string of the molecule is CC(C)(/C=C(\C#N)C(=O)N1CCC[C@@H](n2nc(-c3ccc(Oc4ccccc4)cc3F)c3c(N)nccc32)C1)N1CCOCC1. The fourth-order valence-corrected chi connectivity index (χ4v) is 6.19. The average Bonchev–Trinajstić information content (AvgIpc) is 3.45. The maximum absolute atomic E-state index is 15.6. The highest BCUT2D eigenvalue weighted by atomic mass is 19.1. The molecule has 1 atom stereocenters. The number of benzene rings is 2. The summed E-state index contributed by atoms with van der Waals surface area (Å²) in [5.41, 5.74) is 7.31. The standard InChI is InChI=1S/C34H36FN7O3/c1-34(2,41-15-17-44-18-16-41)20-23(21-36)33(43)40-14-6-7-24(22-40)42-29-12-13-38-32(37)30(29)31(39-42)27-11-10-26(19-28(27)35)45-25-8-4-3-5-9-25/h3-5,8-13,19-20,24H,6-7,14-18,22H2,1-2H3,(H2,37,38)/b23-20+/t24-/m1/s1. The third-order valence-corrected chi connectivity index (χ3v) is 8.53. The molecular formula is C34H36FN7O3. The third kappa shape index (κ3) is 6.25. The van der Waals surface area contributed by atoms with E-state index >= 15 is 4.39 Å². The molecule has 4 aromatic rings. The van der Waals surface area contributed by atoms with E-state index in [1.807, 2.05) is 36.7 Å². The molecule has 0 saturated carbocycles. The number of nitrogen functional groups attached to an aromatic ring is 1. The molecule has 6 rings (SSSR count). The molecule has 0 bridgehead atoms. The Labute approximate surface area is 261 Å². The Balaban J connectivity index is 1.28. The van der Waals surface area contributed by atoms with Gasteiger partial charge < -0.3 is 20.1 Å². The molecule has 0 aliphatic carbocycles. The summed E-state index contributed by atoms with van der Waals surface area (Å²) in [5, 5.41) is 15.4. The number of piperidine rings is 1. The summed E-state index contributed by atoms with van der Waals surface area (Å²) >= 11 is 0. The van der Waals surface area contributed by atoms with Crippen LogP contribution in [0.15, 0.2) is 72.4 Å². The Kier molecular flexibility index (Phi) is 8.52. The Morgan fingerprint density at radius 3 is 2.64 bits per heavy atom. The number of ether oxygens (including phenoxy) is 2. The van der Waals surface area contributed by atoms with E-state index in [2.05, 4.69) is 16.0 Å². The van der Waals surface area contributed by atoms with Crippen LogP contribution in [0.3, 0.4) is 0 Å². The zero-order valence-corrected chi connectivity index (χ0v) is 25.4. The molecule has 2 aromatic heterocycles. The van der Waals surface area contributed by atoms with Crippen molar-refractivity contribution in [2.45, 2.75) is 38.3 Å². The summed E-state index contributed by atoms with van der Waals surface area (Å²) in [6.07, 6.45) is 4.84. The van der Waals surface area contributed by atoms with Gasteiger partial charge in [-0.2, -0.15) is 10.4 Å². The number of anilines is 1. The molecule has 2 aliphatic heterocycles. The highest BCUT2D eigenvalue weighted by molar-refractivity contribution is 6.00. The number of amides is 1. The van der Waals surface area contributed by atoms with Crippen LogP contribution < -0.4 is 10.5 Å². The number of para-hydroxylation sites is 1. The summed E-state index contributed by atoms with van der Waals surface area (Å²) in [6, 6.07) is 17.6. The highest BCUT2D eigenvalue weighted by Crippen LogP contribution is 2.37. The van der Waals surface area contributed by atoms with Gasteiger partial charge in [0.15, 0.2) is 0 Å². The van der Waals surface area contributed by atoms with Gasteiger partial charge in [0.25, 0.3) is 5.91 Å². The van der Waals surface area contributed by atoms with E-state index < -0.39 is 11.4 Å². The average molecular weight is 610 g/mol. The van der Waals surface area contributed by atoms with Crippen molar-refractivity contribution in [3.63, 3.8) is 0 Å². The van der Waals surface area contributed by atoms with Gasteiger partial charge in [-0.1, -0.05) is 18.2 Å². The summed E-state index contributed by atoms with van der Waals surface area (Å²) in [4.78, 5) is 21.9. The molecule has 2 N–H and O–H groups in total. The lowest BCUT2D eigenvalue weighted by atomic mass is 9.97. The summed E-state index contributed by atoms with van der Waals surface area (Å²) in [7, 11) is 0. The number of nitrogens with two attached hydrogens (primary N) is 1. The molecule has 0 radical (unpaired) electrons. The minimum Gasteiger partial charge on any atom is -0.457 e. The number of pyridine rings is 1. The minimum atomic E-state index is -0.509. The highest BCUT2D eigenvalue weighted by Gasteiger charge is 2.32. The van der Waals surface area contributed by atoms with Gasteiger partial charge in [-0.05, 0) is 63.1 Å². The maximum atomic E-state index is 15.6. The second kappa shape index (κ2) is 12.7. The molecule has 2 fully saturated rings. The van der Waals surface area contributed by atoms with Gasteiger partial charge in [0.1, 0.15) is 40.5 Å². The Morgan fingerprint density at radius 2 is 1.91 bits per heavy atom. The molecule has 4 heterocycles. The van der Waals surface area contributed by atoms with Gasteiger partial charge >= 0.3 is 0 Å². The number of rotatable bonds is 7.